The van der Waals surface area contributed by atoms with Crippen LogP contribution in [0.15, 0.2) is 0 Å². The quantitative estimate of drug-likeness (QED) is 0.114. The average molecular weight is 467 g/mol. The number of thiol groups is 2. The van der Waals surface area contributed by atoms with Gasteiger partial charge in [-0.1, -0.05) is 0 Å². The van der Waals surface area contributed by atoms with E-state index < -0.39 is 66.1 Å². The second kappa shape index (κ2) is 13.7. The van der Waals surface area contributed by atoms with Gasteiger partial charge in [-0.3, -0.25) is 24.0 Å². The zero-order valence-corrected chi connectivity index (χ0v) is 17.7. The van der Waals surface area contributed by atoms with E-state index in [0.717, 1.165) is 0 Å². The van der Waals surface area contributed by atoms with Crippen LogP contribution in [0.5, 0.6) is 0 Å². The van der Waals surface area contributed by atoms with Gasteiger partial charge in [-0.15, -0.1) is 0 Å². The summed E-state index contributed by atoms with van der Waals surface area (Å²) in [7, 11) is 0. The van der Waals surface area contributed by atoms with Gasteiger partial charge in [0.25, 0.3) is 0 Å². The van der Waals surface area contributed by atoms with E-state index in [4.69, 9.17) is 22.3 Å². The zero-order chi connectivity index (χ0) is 23.4. The molecule has 4 atom stereocenters. The summed E-state index contributed by atoms with van der Waals surface area (Å²) in [5.74, 6) is -5.90. The Morgan fingerprint density at radius 2 is 1.20 bits per heavy atom. The van der Waals surface area contributed by atoms with E-state index in [0.29, 0.717) is 0 Å². The molecule has 0 aliphatic heterocycles. The predicted octanol–water partition coefficient (Wildman–Crippen LogP) is -4.15. The van der Waals surface area contributed by atoms with Crippen LogP contribution < -0.4 is 33.2 Å². The van der Waals surface area contributed by atoms with Crippen LogP contribution in [-0.4, -0.2) is 76.3 Å². The van der Waals surface area contributed by atoms with Crippen molar-refractivity contribution >= 4 is 60.8 Å². The Hall–Kier alpha value is -2.52. The van der Waals surface area contributed by atoms with Crippen molar-refractivity contribution < 1.29 is 33.9 Å². The molecule has 13 nitrogen and oxygen atoms in total. The summed E-state index contributed by atoms with van der Waals surface area (Å²) in [4.78, 5) is 69.4. The van der Waals surface area contributed by atoms with Crippen LogP contribution in [0.4, 0.5) is 0 Å². The fourth-order valence-corrected chi connectivity index (χ4v) is 2.56. The van der Waals surface area contributed by atoms with E-state index in [-0.39, 0.29) is 24.3 Å². The lowest BCUT2D eigenvalue weighted by Crippen LogP contribution is -2.58. The van der Waals surface area contributed by atoms with Gasteiger partial charge in [-0.05, 0) is 6.42 Å². The molecule has 5 amide bonds. The van der Waals surface area contributed by atoms with E-state index >= 15 is 0 Å². The monoisotopic (exact) mass is 466 g/mol. The number of nitrogens with one attached hydrogen (secondary N) is 3. The summed E-state index contributed by atoms with van der Waals surface area (Å²) in [5.41, 5.74) is 15.5. The van der Waals surface area contributed by atoms with E-state index in [2.05, 4.69) is 41.2 Å². The molecule has 0 aromatic carbocycles. The third kappa shape index (κ3) is 10.3. The van der Waals surface area contributed by atoms with Gasteiger partial charge in [-0.2, -0.15) is 25.3 Å². The highest BCUT2D eigenvalue weighted by molar-refractivity contribution is 7.80. The standard InChI is InChI=1S/C15H26N6O7S2/c16-6(1-2-10(17)22)12(24)20-8(4-29)14(26)21-9(5-30)13(25)19-7(15(27)28)3-11(18)23/h6-9,29-30H,1-5,16H2,(H2,17,22)(H2,18,23)(H,19,25)(H,20,24)(H,21,26)(H,27,28). The van der Waals surface area contributed by atoms with E-state index in [1.54, 1.807) is 0 Å². The van der Waals surface area contributed by atoms with Gasteiger partial charge in [0.2, 0.25) is 29.5 Å². The smallest absolute Gasteiger partial charge is 0.326 e. The maximum absolute atomic E-state index is 12.4. The lowest BCUT2D eigenvalue weighted by atomic mass is 10.1. The molecule has 0 heterocycles. The maximum atomic E-state index is 12.4. The number of primary amides is 2. The van der Waals surface area contributed by atoms with Gasteiger partial charge in [0.1, 0.15) is 18.1 Å². The number of carboxylic acid groups (broad SMARTS) is 1. The Labute approximate surface area is 183 Å². The van der Waals surface area contributed by atoms with Gasteiger partial charge in [-0.25, -0.2) is 4.79 Å². The molecule has 0 spiro atoms. The number of carbonyl (C=O) groups excluding carboxylic acids is 5. The lowest BCUT2D eigenvalue weighted by molar-refractivity contribution is -0.143. The van der Waals surface area contributed by atoms with Crippen LogP contribution in [0.25, 0.3) is 0 Å². The van der Waals surface area contributed by atoms with Gasteiger partial charge < -0.3 is 38.3 Å². The van der Waals surface area contributed by atoms with Crippen LogP contribution in [0, 0.1) is 0 Å². The van der Waals surface area contributed by atoms with Crippen molar-refractivity contribution in [3.63, 3.8) is 0 Å². The van der Waals surface area contributed by atoms with Gasteiger partial charge in [0.15, 0.2) is 0 Å². The maximum Gasteiger partial charge on any atom is 0.326 e. The third-order valence-electron chi connectivity index (χ3n) is 3.69. The van der Waals surface area contributed by atoms with E-state index in [1.807, 2.05) is 0 Å². The number of carbonyl (C=O) groups is 6. The fraction of sp³-hybridized carbons (Fsp3) is 0.600. The molecule has 0 rings (SSSR count). The van der Waals surface area contributed by atoms with Crippen molar-refractivity contribution in [2.45, 2.75) is 43.4 Å². The van der Waals surface area contributed by atoms with Crippen LogP contribution in [0.1, 0.15) is 19.3 Å². The molecule has 0 fully saturated rings. The second-order valence-corrected chi connectivity index (χ2v) is 6.90. The molecule has 0 saturated heterocycles. The molecule has 0 aromatic rings. The molecule has 10 N–H and O–H groups in total. The van der Waals surface area contributed by atoms with Gasteiger partial charge >= 0.3 is 5.97 Å². The zero-order valence-electron chi connectivity index (χ0n) is 15.9. The molecule has 0 aromatic heterocycles. The molecule has 0 aliphatic carbocycles. The molecule has 30 heavy (non-hydrogen) atoms. The lowest BCUT2D eigenvalue weighted by Gasteiger charge is -2.23. The Bertz CT molecular complexity index is 678. The molecular weight excluding hydrogens is 440 g/mol. The first kappa shape index (κ1) is 27.5. The fourth-order valence-electron chi connectivity index (χ4n) is 2.04. The van der Waals surface area contributed by atoms with Crippen LogP contribution in [0.2, 0.25) is 0 Å². The van der Waals surface area contributed by atoms with E-state index in [9.17, 15) is 28.8 Å². The Balaban J connectivity index is 4.97. The average Bonchev–Trinajstić information content (AvgIpc) is 2.66. The Kier molecular flexibility index (Phi) is 12.5. The first-order valence-corrected chi connectivity index (χ1v) is 9.87. The third-order valence-corrected chi connectivity index (χ3v) is 4.42. The van der Waals surface area contributed by atoms with Crippen LogP contribution in [0.3, 0.4) is 0 Å². The van der Waals surface area contributed by atoms with E-state index in [1.165, 1.54) is 0 Å². The molecule has 15 heteroatoms. The highest BCUT2D eigenvalue weighted by Gasteiger charge is 2.29. The summed E-state index contributed by atoms with van der Waals surface area (Å²) in [6.45, 7) is 0. The van der Waals surface area contributed by atoms with Crippen molar-refractivity contribution in [1.82, 2.24) is 16.0 Å². The first-order valence-electron chi connectivity index (χ1n) is 8.60. The summed E-state index contributed by atoms with van der Waals surface area (Å²) in [6.07, 6.45) is -0.794. The first-order chi connectivity index (χ1) is 13.9. The highest BCUT2D eigenvalue weighted by Crippen LogP contribution is 2.00. The largest absolute Gasteiger partial charge is 0.480 e. The highest BCUT2D eigenvalue weighted by atomic mass is 32.1. The number of amides is 5. The summed E-state index contributed by atoms with van der Waals surface area (Å²) >= 11 is 7.90. The molecular formula is C15H26N6O7S2. The number of carboxylic acids is 1. The molecule has 4 unspecified atom stereocenters. The van der Waals surface area contributed by atoms with Crippen molar-refractivity contribution in [2.75, 3.05) is 11.5 Å². The Morgan fingerprint density at radius 1 is 0.767 bits per heavy atom. The Morgan fingerprint density at radius 3 is 1.57 bits per heavy atom. The summed E-state index contributed by atoms with van der Waals surface area (Å²) in [6, 6.07) is -5.14. The normalized spacial score (nSPS) is 14.5. The minimum absolute atomic E-state index is 0.0276. The molecule has 0 aliphatic rings. The minimum atomic E-state index is -1.59. The van der Waals surface area contributed by atoms with Crippen molar-refractivity contribution in [1.29, 1.82) is 0 Å². The number of nitrogens with two attached hydrogens (primary N) is 3. The number of rotatable bonds is 14. The van der Waals surface area contributed by atoms with Crippen LogP contribution >= 0.6 is 25.3 Å². The van der Waals surface area contributed by atoms with Crippen molar-refractivity contribution in [2.24, 2.45) is 17.2 Å². The van der Waals surface area contributed by atoms with Gasteiger partial charge in [0.05, 0.1) is 12.5 Å². The summed E-state index contributed by atoms with van der Waals surface area (Å²) < 4.78 is 0. The molecule has 0 saturated carbocycles. The van der Waals surface area contributed by atoms with Crippen LogP contribution in [-0.2, 0) is 28.8 Å². The molecule has 0 bridgehead atoms. The predicted molar refractivity (Wildman–Crippen MR) is 111 cm³/mol. The summed E-state index contributed by atoms with van der Waals surface area (Å²) in [5, 5.41) is 15.7. The second-order valence-electron chi connectivity index (χ2n) is 6.17. The molecule has 170 valence electrons. The minimum Gasteiger partial charge on any atom is -0.480 e. The van der Waals surface area contributed by atoms with Gasteiger partial charge in [0, 0.05) is 17.9 Å². The van der Waals surface area contributed by atoms with Crippen molar-refractivity contribution in [3.8, 4) is 0 Å². The SMILES string of the molecule is NC(=O)CCC(N)C(=O)NC(CS)C(=O)NC(CS)C(=O)NC(CC(N)=O)C(=O)O. The number of hydrogen-bond acceptors (Lipinski definition) is 9. The topological polar surface area (TPSA) is 237 Å². The number of aliphatic carboxylic acids is 1. The molecule has 0 radical (unpaired) electrons. The van der Waals surface area contributed by atoms with Crippen molar-refractivity contribution in [3.05, 3.63) is 0 Å². The number of hydrogen-bond donors (Lipinski definition) is 9.